The maximum absolute atomic E-state index is 13.4. The van der Waals surface area contributed by atoms with Crippen molar-refractivity contribution >= 4 is 34.8 Å². The molecule has 3 N–H and O–H groups in total. The van der Waals surface area contributed by atoms with Gasteiger partial charge in [0.2, 0.25) is 17.7 Å². The van der Waals surface area contributed by atoms with E-state index in [0.717, 1.165) is 0 Å². The van der Waals surface area contributed by atoms with Gasteiger partial charge in [0.15, 0.2) is 0 Å². The van der Waals surface area contributed by atoms with Crippen LogP contribution in [0.4, 0.5) is 21.5 Å². The van der Waals surface area contributed by atoms with E-state index in [4.69, 9.17) is 0 Å². The van der Waals surface area contributed by atoms with Crippen LogP contribution in [-0.4, -0.2) is 17.7 Å². The lowest BCUT2D eigenvalue weighted by Gasteiger charge is -2.25. The Bertz CT molecular complexity index is 894. The highest BCUT2D eigenvalue weighted by Crippen LogP contribution is 2.33. The molecule has 6 nitrogen and oxygen atoms in total. The van der Waals surface area contributed by atoms with Gasteiger partial charge in [0.25, 0.3) is 0 Å². The predicted molar refractivity (Wildman–Crippen MR) is 101 cm³/mol. The first kappa shape index (κ1) is 18.6. The predicted octanol–water partition coefficient (Wildman–Crippen LogP) is 3.48. The number of halogens is 1. The molecule has 2 aromatic carbocycles. The first-order valence-electron chi connectivity index (χ1n) is 8.64. The SMILES string of the molecule is CC(C)C(=O)Nc1ccc(NC(=O)C2CC(=O)Nc3cc(F)ccc32)cc1. The van der Waals surface area contributed by atoms with Crippen LogP contribution in [0.1, 0.15) is 31.7 Å². The Morgan fingerprint density at radius 2 is 1.70 bits per heavy atom. The van der Waals surface area contributed by atoms with Crippen LogP contribution >= 0.6 is 0 Å². The van der Waals surface area contributed by atoms with Gasteiger partial charge in [-0.25, -0.2) is 4.39 Å². The van der Waals surface area contributed by atoms with Gasteiger partial charge in [-0.15, -0.1) is 0 Å². The van der Waals surface area contributed by atoms with E-state index < -0.39 is 11.7 Å². The summed E-state index contributed by atoms with van der Waals surface area (Å²) in [5.41, 5.74) is 2.06. The molecule has 140 valence electrons. The first-order valence-corrected chi connectivity index (χ1v) is 8.64. The second-order valence-electron chi connectivity index (χ2n) is 6.75. The van der Waals surface area contributed by atoms with Gasteiger partial charge in [0.05, 0.1) is 5.92 Å². The maximum Gasteiger partial charge on any atom is 0.232 e. The highest BCUT2D eigenvalue weighted by atomic mass is 19.1. The summed E-state index contributed by atoms with van der Waals surface area (Å²) in [7, 11) is 0. The summed E-state index contributed by atoms with van der Waals surface area (Å²) in [5, 5.41) is 8.12. The minimum absolute atomic E-state index is 0.00695. The third-order valence-electron chi connectivity index (χ3n) is 4.32. The normalized spacial score (nSPS) is 15.7. The Morgan fingerprint density at radius 1 is 1.07 bits per heavy atom. The van der Waals surface area contributed by atoms with E-state index in [2.05, 4.69) is 16.0 Å². The fourth-order valence-corrected chi connectivity index (χ4v) is 2.82. The highest BCUT2D eigenvalue weighted by Gasteiger charge is 2.31. The summed E-state index contributed by atoms with van der Waals surface area (Å²) in [6.07, 6.45) is -0.00695. The molecular weight excluding hydrogens is 349 g/mol. The topological polar surface area (TPSA) is 87.3 Å². The quantitative estimate of drug-likeness (QED) is 0.771. The molecule has 0 radical (unpaired) electrons. The number of rotatable bonds is 4. The number of hydrogen-bond donors (Lipinski definition) is 3. The molecule has 7 heteroatoms. The number of anilines is 3. The van der Waals surface area contributed by atoms with Crippen molar-refractivity contribution in [3.8, 4) is 0 Å². The molecule has 0 aromatic heterocycles. The van der Waals surface area contributed by atoms with Crippen LogP contribution in [0.3, 0.4) is 0 Å². The average molecular weight is 369 g/mol. The smallest absolute Gasteiger partial charge is 0.232 e. The van der Waals surface area contributed by atoms with Crippen molar-refractivity contribution in [3.63, 3.8) is 0 Å². The molecule has 0 bridgehead atoms. The molecule has 0 saturated heterocycles. The van der Waals surface area contributed by atoms with Gasteiger partial charge in [0.1, 0.15) is 5.82 Å². The van der Waals surface area contributed by atoms with E-state index in [1.807, 2.05) is 0 Å². The fourth-order valence-electron chi connectivity index (χ4n) is 2.82. The largest absolute Gasteiger partial charge is 0.326 e. The molecule has 0 saturated carbocycles. The molecule has 3 rings (SSSR count). The summed E-state index contributed by atoms with van der Waals surface area (Å²) < 4.78 is 13.4. The number of benzene rings is 2. The summed E-state index contributed by atoms with van der Waals surface area (Å²) in [4.78, 5) is 36.2. The van der Waals surface area contributed by atoms with E-state index in [1.165, 1.54) is 18.2 Å². The van der Waals surface area contributed by atoms with Crippen LogP contribution in [0.25, 0.3) is 0 Å². The van der Waals surface area contributed by atoms with E-state index in [-0.39, 0.29) is 30.1 Å². The number of carbonyl (C=O) groups is 3. The van der Waals surface area contributed by atoms with E-state index in [0.29, 0.717) is 22.6 Å². The van der Waals surface area contributed by atoms with Crippen LogP contribution < -0.4 is 16.0 Å². The second-order valence-corrected chi connectivity index (χ2v) is 6.75. The van der Waals surface area contributed by atoms with Gasteiger partial charge in [0, 0.05) is 29.4 Å². The van der Waals surface area contributed by atoms with Gasteiger partial charge >= 0.3 is 0 Å². The molecule has 27 heavy (non-hydrogen) atoms. The molecule has 0 aliphatic carbocycles. The molecule has 0 fully saturated rings. The second kappa shape index (κ2) is 7.57. The lowest BCUT2D eigenvalue weighted by atomic mass is 9.89. The van der Waals surface area contributed by atoms with Crippen molar-refractivity contribution < 1.29 is 18.8 Å². The number of amides is 3. The Labute approximate surface area is 156 Å². The number of carbonyl (C=O) groups excluding carboxylic acids is 3. The Morgan fingerprint density at radius 3 is 2.33 bits per heavy atom. The van der Waals surface area contributed by atoms with Gasteiger partial charge in [-0.3, -0.25) is 14.4 Å². The zero-order chi connectivity index (χ0) is 19.6. The summed E-state index contributed by atoms with van der Waals surface area (Å²) in [5.74, 6) is -2.09. The van der Waals surface area contributed by atoms with E-state index in [1.54, 1.807) is 38.1 Å². The third kappa shape index (κ3) is 4.31. The molecule has 3 amide bonds. The average Bonchev–Trinajstić information content (AvgIpc) is 2.62. The minimum atomic E-state index is -0.699. The zero-order valence-electron chi connectivity index (χ0n) is 15.0. The van der Waals surface area contributed by atoms with Crippen molar-refractivity contribution in [2.45, 2.75) is 26.2 Å². The molecule has 1 heterocycles. The summed E-state index contributed by atoms with van der Waals surface area (Å²) in [6.45, 7) is 3.60. The number of hydrogen-bond acceptors (Lipinski definition) is 3. The standard InChI is InChI=1S/C20H20FN3O3/c1-11(2)19(26)22-13-4-6-14(7-5-13)23-20(27)16-10-18(25)24-17-9-12(21)3-8-15(16)17/h3-9,11,16H,10H2,1-2H3,(H,22,26)(H,23,27)(H,24,25). The van der Waals surface area contributed by atoms with Crippen LogP contribution in [0.2, 0.25) is 0 Å². The molecule has 1 aliphatic heterocycles. The first-order chi connectivity index (χ1) is 12.8. The molecule has 1 aliphatic rings. The van der Waals surface area contributed by atoms with E-state index >= 15 is 0 Å². The summed E-state index contributed by atoms with van der Waals surface area (Å²) >= 11 is 0. The molecule has 1 unspecified atom stereocenters. The van der Waals surface area contributed by atoms with Gasteiger partial charge in [-0.1, -0.05) is 19.9 Å². The van der Waals surface area contributed by atoms with Crippen LogP contribution in [-0.2, 0) is 14.4 Å². The van der Waals surface area contributed by atoms with Crippen LogP contribution in [0.5, 0.6) is 0 Å². The zero-order valence-corrected chi connectivity index (χ0v) is 15.0. The monoisotopic (exact) mass is 369 g/mol. The minimum Gasteiger partial charge on any atom is -0.326 e. The third-order valence-corrected chi connectivity index (χ3v) is 4.32. The van der Waals surface area contributed by atoms with Crippen molar-refractivity contribution in [3.05, 3.63) is 53.8 Å². The lowest BCUT2D eigenvalue weighted by Crippen LogP contribution is -2.30. The summed E-state index contributed by atoms with van der Waals surface area (Å²) in [6, 6.07) is 10.7. The Hall–Kier alpha value is -3.22. The maximum atomic E-state index is 13.4. The van der Waals surface area contributed by atoms with Crippen molar-refractivity contribution in [1.29, 1.82) is 0 Å². The van der Waals surface area contributed by atoms with Crippen molar-refractivity contribution in [2.75, 3.05) is 16.0 Å². The van der Waals surface area contributed by atoms with Crippen molar-refractivity contribution in [1.82, 2.24) is 0 Å². The molecule has 0 spiro atoms. The molecular formula is C20H20FN3O3. The van der Waals surface area contributed by atoms with Crippen molar-refractivity contribution in [2.24, 2.45) is 5.92 Å². The Kier molecular flexibility index (Phi) is 5.21. The highest BCUT2D eigenvalue weighted by molar-refractivity contribution is 6.05. The van der Waals surface area contributed by atoms with Gasteiger partial charge in [-0.05, 0) is 42.0 Å². The van der Waals surface area contributed by atoms with Gasteiger partial charge < -0.3 is 16.0 Å². The van der Waals surface area contributed by atoms with Gasteiger partial charge in [-0.2, -0.15) is 0 Å². The lowest BCUT2D eigenvalue weighted by molar-refractivity contribution is -0.123. The van der Waals surface area contributed by atoms with Crippen LogP contribution in [0.15, 0.2) is 42.5 Å². The van der Waals surface area contributed by atoms with E-state index in [9.17, 15) is 18.8 Å². The number of fused-ring (bicyclic) bond motifs is 1. The van der Waals surface area contributed by atoms with Crippen LogP contribution in [0, 0.1) is 11.7 Å². The molecule has 1 atom stereocenters. The molecule has 2 aromatic rings. The number of nitrogens with one attached hydrogen (secondary N) is 3. The fraction of sp³-hybridized carbons (Fsp3) is 0.250. The Balaban J connectivity index is 1.72.